The monoisotopic (exact) mass is 211 g/mol. The van der Waals surface area contributed by atoms with E-state index < -0.39 is 5.97 Å². The average molecular weight is 211 g/mol. The maximum absolute atomic E-state index is 11.4. The van der Waals surface area contributed by atoms with Gasteiger partial charge < -0.3 is 9.47 Å². The number of carbonyl (C=O) groups is 1. The third kappa shape index (κ3) is 3.21. The van der Waals surface area contributed by atoms with Crippen molar-refractivity contribution in [2.24, 2.45) is 11.3 Å². The Labute approximate surface area is 90.2 Å². The highest BCUT2D eigenvalue weighted by Crippen LogP contribution is 2.32. The number of esters is 1. The normalized spacial score (nSPS) is 26.8. The van der Waals surface area contributed by atoms with Gasteiger partial charge in [-0.3, -0.25) is 4.79 Å². The first-order valence-electron chi connectivity index (χ1n) is 5.16. The summed E-state index contributed by atoms with van der Waals surface area (Å²) in [6.07, 6.45) is 2.77. The Kier molecular flexibility index (Phi) is 3.70. The number of rotatable bonds is 1. The second-order valence-corrected chi connectivity index (χ2v) is 4.96. The van der Waals surface area contributed by atoms with Crippen LogP contribution < -0.4 is 0 Å². The van der Waals surface area contributed by atoms with Gasteiger partial charge in [-0.25, -0.2) is 0 Å². The summed E-state index contributed by atoms with van der Waals surface area (Å²) < 4.78 is 9.96. The van der Waals surface area contributed by atoms with Crippen molar-refractivity contribution in [1.82, 2.24) is 0 Å². The molecule has 15 heavy (non-hydrogen) atoms. The first-order chi connectivity index (χ1) is 6.95. The Balaban J connectivity index is 2.57. The molecule has 4 nitrogen and oxygen atoms in total. The lowest BCUT2D eigenvalue weighted by atomic mass is 9.81. The van der Waals surface area contributed by atoms with Gasteiger partial charge in [0.2, 0.25) is 0 Å². The Morgan fingerprint density at radius 1 is 1.53 bits per heavy atom. The van der Waals surface area contributed by atoms with Crippen LogP contribution in [-0.4, -0.2) is 18.7 Å². The number of carbonyl (C=O) groups excluding carboxylic acids is 1. The Morgan fingerprint density at radius 3 is 2.73 bits per heavy atom. The standard InChI is InChI=1S/C11H17NO3/c1-11(2,3)9-6-8(4-5-14-9)10(13)15-7-12/h8-9H,4-6H2,1-3H3. The van der Waals surface area contributed by atoms with Crippen LogP contribution in [0.1, 0.15) is 33.6 Å². The van der Waals surface area contributed by atoms with Crippen LogP contribution in [0.4, 0.5) is 0 Å². The molecule has 0 radical (unpaired) electrons. The van der Waals surface area contributed by atoms with Gasteiger partial charge in [0, 0.05) is 6.61 Å². The summed E-state index contributed by atoms with van der Waals surface area (Å²) in [7, 11) is 0. The van der Waals surface area contributed by atoms with Crippen molar-refractivity contribution in [1.29, 1.82) is 5.26 Å². The van der Waals surface area contributed by atoms with Gasteiger partial charge in [0.1, 0.15) is 0 Å². The van der Waals surface area contributed by atoms with Gasteiger partial charge in [0.15, 0.2) is 0 Å². The fourth-order valence-electron chi connectivity index (χ4n) is 1.74. The van der Waals surface area contributed by atoms with E-state index in [1.54, 1.807) is 0 Å². The van der Waals surface area contributed by atoms with Gasteiger partial charge in [0.25, 0.3) is 6.26 Å². The minimum absolute atomic E-state index is 0.0194. The molecule has 1 aliphatic rings. The second kappa shape index (κ2) is 4.63. The summed E-state index contributed by atoms with van der Waals surface area (Å²) in [5.74, 6) is -0.613. The van der Waals surface area contributed by atoms with Crippen molar-refractivity contribution in [3.63, 3.8) is 0 Å². The summed E-state index contributed by atoms with van der Waals surface area (Å²) in [5.41, 5.74) is 0.0194. The molecule has 0 aliphatic carbocycles. The van der Waals surface area contributed by atoms with E-state index in [4.69, 9.17) is 10.00 Å². The number of hydrogen-bond acceptors (Lipinski definition) is 4. The minimum Gasteiger partial charge on any atom is -0.378 e. The van der Waals surface area contributed by atoms with E-state index in [0.29, 0.717) is 19.4 Å². The highest BCUT2D eigenvalue weighted by molar-refractivity contribution is 5.73. The number of hydrogen-bond donors (Lipinski definition) is 0. The van der Waals surface area contributed by atoms with E-state index >= 15 is 0 Å². The number of nitrogens with zero attached hydrogens (tertiary/aromatic N) is 1. The van der Waals surface area contributed by atoms with E-state index in [9.17, 15) is 4.79 Å². The molecule has 0 bridgehead atoms. The lowest BCUT2D eigenvalue weighted by Gasteiger charge is -2.36. The van der Waals surface area contributed by atoms with Gasteiger partial charge in [0.05, 0.1) is 12.0 Å². The van der Waals surface area contributed by atoms with Gasteiger partial charge in [-0.1, -0.05) is 20.8 Å². The first-order valence-corrected chi connectivity index (χ1v) is 5.16. The van der Waals surface area contributed by atoms with E-state index in [1.165, 1.54) is 6.26 Å². The van der Waals surface area contributed by atoms with Crippen LogP contribution in [0.5, 0.6) is 0 Å². The van der Waals surface area contributed by atoms with Crippen LogP contribution in [0.2, 0.25) is 0 Å². The molecule has 84 valence electrons. The van der Waals surface area contributed by atoms with E-state index in [0.717, 1.165) is 0 Å². The molecule has 4 heteroatoms. The quantitative estimate of drug-likeness (QED) is 0.490. The Bertz CT molecular complexity index is 275. The zero-order chi connectivity index (χ0) is 11.5. The predicted molar refractivity (Wildman–Crippen MR) is 53.6 cm³/mol. The molecule has 0 N–H and O–H groups in total. The number of nitriles is 1. The maximum atomic E-state index is 11.4. The van der Waals surface area contributed by atoms with Crippen molar-refractivity contribution < 1.29 is 14.3 Å². The Morgan fingerprint density at radius 2 is 2.20 bits per heavy atom. The second-order valence-electron chi connectivity index (χ2n) is 4.96. The van der Waals surface area contributed by atoms with Gasteiger partial charge in [-0.2, -0.15) is 0 Å². The molecule has 2 unspecified atom stereocenters. The zero-order valence-corrected chi connectivity index (χ0v) is 9.45. The Hall–Kier alpha value is -1.08. The lowest BCUT2D eigenvalue weighted by Crippen LogP contribution is -2.38. The van der Waals surface area contributed by atoms with Crippen molar-refractivity contribution in [3.05, 3.63) is 0 Å². The predicted octanol–water partition coefficient (Wildman–Crippen LogP) is 1.85. The topological polar surface area (TPSA) is 59.3 Å². The summed E-state index contributed by atoms with van der Waals surface area (Å²) in [5, 5.41) is 8.27. The maximum Gasteiger partial charge on any atom is 0.324 e. The first kappa shape index (κ1) is 12.0. The minimum atomic E-state index is -0.421. The van der Waals surface area contributed by atoms with Crippen LogP contribution in [-0.2, 0) is 14.3 Å². The summed E-state index contributed by atoms with van der Waals surface area (Å²) in [4.78, 5) is 11.4. The SMILES string of the molecule is CC(C)(C)C1CC(C(=O)OC#N)CCO1. The molecule has 0 aromatic rings. The number of ether oxygens (including phenoxy) is 2. The average Bonchev–Trinajstić information content (AvgIpc) is 2.17. The molecule has 1 rings (SSSR count). The molecular weight excluding hydrogens is 194 g/mol. The highest BCUT2D eigenvalue weighted by Gasteiger charge is 2.35. The highest BCUT2D eigenvalue weighted by atomic mass is 16.5. The van der Waals surface area contributed by atoms with Crippen LogP contribution >= 0.6 is 0 Å². The largest absolute Gasteiger partial charge is 0.378 e. The molecule has 0 saturated carbocycles. The van der Waals surface area contributed by atoms with E-state index in [2.05, 4.69) is 25.5 Å². The van der Waals surface area contributed by atoms with Crippen LogP contribution in [0.25, 0.3) is 0 Å². The van der Waals surface area contributed by atoms with Crippen LogP contribution in [0, 0.1) is 22.9 Å². The summed E-state index contributed by atoms with van der Waals surface area (Å²) in [6, 6.07) is 0. The van der Waals surface area contributed by atoms with Crippen molar-refractivity contribution in [3.8, 4) is 6.26 Å². The molecule has 0 amide bonds. The summed E-state index contributed by atoms with van der Waals surface area (Å²) >= 11 is 0. The smallest absolute Gasteiger partial charge is 0.324 e. The molecule has 0 spiro atoms. The summed E-state index contributed by atoms with van der Waals surface area (Å²) in [6.45, 7) is 6.80. The van der Waals surface area contributed by atoms with Crippen molar-refractivity contribution in [2.75, 3.05) is 6.61 Å². The fourth-order valence-corrected chi connectivity index (χ4v) is 1.74. The third-order valence-electron chi connectivity index (χ3n) is 2.73. The molecule has 1 heterocycles. The lowest BCUT2D eigenvalue weighted by molar-refractivity contribution is -0.149. The fraction of sp³-hybridized carbons (Fsp3) is 0.818. The molecule has 1 aliphatic heterocycles. The van der Waals surface area contributed by atoms with Crippen molar-refractivity contribution in [2.45, 2.75) is 39.7 Å². The molecule has 0 aromatic heterocycles. The molecular formula is C11H17NO3. The molecule has 1 saturated heterocycles. The van der Waals surface area contributed by atoms with Gasteiger partial charge >= 0.3 is 5.97 Å². The molecule has 0 aromatic carbocycles. The van der Waals surface area contributed by atoms with Gasteiger partial charge in [-0.05, 0) is 18.3 Å². The third-order valence-corrected chi connectivity index (χ3v) is 2.73. The van der Waals surface area contributed by atoms with Crippen LogP contribution in [0.3, 0.4) is 0 Å². The van der Waals surface area contributed by atoms with E-state index in [-0.39, 0.29) is 17.4 Å². The zero-order valence-electron chi connectivity index (χ0n) is 9.45. The van der Waals surface area contributed by atoms with Crippen LogP contribution in [0.15, 0.2) is 0 Å². The van der Waals surface area contributed by atoms with Crippen molar-refractivity contribution >= 4 is 5.97 Å². The molecule has 2 atom stereocenters. The van der Waals surface area contributed by atoms with Gasteiger partial charge in [-0.15, -0.1) is 5.26 Å². The van der Waals surface area contributed by atoms with E-state index in [1.807, 2.05) is 0 Å². The molecule has 1 fully saturated rings.